The third kappa shape index (κ3) is 5.75. The van der Waals surface area contributed by atoms with Gasteiger partial charge in [0.1, 0.15) is 6.10 Å². The molecule has 1 saturated carbocycles. The highest BCUT2D eigenvalue weighted by molar-refractivity contribution is 5.86. The van der Waals surface area contributed by atoms with Gasteiger partial charge in [0.05, 0.1) is 17.0 Å². The van der Waals surface area contributed by atoms with E-state index in [9.17, 15) is 5.11 Å². The van der Waals surface area contributed by atoms with Crippen LogP contribution in [0.2, 0.25) is 0 Å². The lowest BCUT2D eigenvalue weighted by molar-refractivity contribution is 0.0540. The number of pyridine rings is 1. The Labute approximate surface area is 198 Å². The maximum atomic E-state index is 9.99. The maximum Gasteiger partial charge on any atom is 0.224 e. The molecule has 7 nitrogen and oxygen atoms in total. The number of piperidine rings is 1. The zero-order valence-electron chi connectivity index (χ0n) is 21.1. The Morgan fingerprint density at radius 2 is 1.76 bits per heavy atom. The average molecular weight is 456 g/mol. The summed E-state index contributed by atoms with van der Waals surface area (Å²) in [5, 5.41) is 18.0. The van der Waals surface area contributed by atoms with Gasteiger partial charge in [-0.15, -0.1) is 0 Å². The van der Waals surface area contributed by atoms with Crippen LogP contribution in [-0.2, 0) is 0 Å². The van der Waals surface area contributed by atoms with Crippen molar-refractivity contribution in [1.29, 1.82) is 0 Å². The second-order valence-electron chi connectivity index (χ2n) is 11.5. The summed E-state index contributed by atoms with van der Waals surface area (Å²) < 4.78 is 6.55. The molecule has 7 heteroatoms. The van der Waals surface area contributed by atoms with Crippen LogP contribution in [0.3, 0.4) is 0 Å². The van der Waals surface area contributed by atoms with Crippen LogP contribution >= 0.6 is 0 Å². The Bertz CT molecular complexity index is 953. The van der Waals surface area contributed by atoms with Crippen molar-refractivity contribution < 1.29 is 9.84 Å². The van der Waals surface area contributed by atoms with Gasteiger partial charge in [-0.2, -0.15) is 0 Å². The number of anilines is 1. The van der Waals surface area contributed by atoms with Crippen molar-refractivity contribution in [2.45, 2.75) is 122 Å². The summed E-state index contributed by atoms with van der Waals surface area (Å²) >= 11 is 0. The van der Waals surface area contributed by atoms with E-state index in [0.29, 0.717) is 23.8 Å². The third-order valence-corrected chi connectivity index (χ3v) is 7.17. The molecule has 33 heavy (non-hydrogen) atoms. The Balaban J connectivity index is 1.69. The molecule has 3 N–H and O–H groups in total. The standard InChI is InChI=1S/C26H41N5O2/c1-7-16(2)29-24-28-15-21-22(30-24)20(17-8-10-18(32)11-9-17)14-27-23(21)33-19-12-25(3,4)31-26(5,6)13-19/h14-19,31-32H,7-13H2,1-6H3,(H,28,29,30)/t16-,17-,18-/m0/s1. The SMILES string of the molecule is CC[C@H](C)Nc1ncc2c(OC3CC(C)(C)NC(C)(C)C3)ncc([C@H]3CC[C@H](O)CC3)c2n1. The van der Waals surface area contributed by atoms with Crippen LogP contribution in [0.1, 0.15) is 98.0 Å². The van der Waals surface area contributed by atoms with Gasteiger partial charge in [0.15, 0.2) is 0 Å². The summed E-state index contributed by atoms with van der Waals surface area (Å²) in [5.41, 5.74) is 2.06. The molecule has 0 radical (unpaired) electrons. The highest BCUT2D eigenvalue weighted by Gasteiger charge is 2.39. The van der Waals surface area contributed by atoms with Gasteiger partial charge in [-0.3, -0.25) is 0 Å². The van der Waals surface area contributed by atoms with Gasteiger partial charge in [-0.05, 0) is 72.6 Å². The van der Waals surface area contributed by atoms with Crippen LogP contribution in [0.4, 0.5) is 5.95 Å². The summed E-state index contributed by atoms with van der Waals surface area (Å²) in [7, 11) is 0. The quantitative estimate of drug-likeness (QED) is 0.568. The molecule has 0 bridgehead atoms. The number of nitrogens with one attached hydrogen (secondary N) is 2. The van der Waals surface area contributed by atoms with Gasteiger partial charge in [0.25, 0.3) is 0 Å². The van der Waals surface area contributed by atoms with Crippen LogP contribution in [0.25, 0.3) is 10.9 Å². The maximum absolute atomic E-state index is 9.99. The molecular weight excluding hydrogens is 414 g/mol. The van der Waals surface area contributed by atoms with E-state index in [4.69, 9.17) is 14.7 Å². The first-order valence-corrected chi connectivity index (χ1v) is 12.6. The van der Waals surface area contributed by atoms with Crippen LogP contribution in [0, 0.1) is 0 Å². The molecule has 2 aliphatic rings. The molecule has 1 atom stereocenters. The molecule has 0 spiro atoms. The van der Waals surface area contributed by atoms with Crippen molar-refractivity contribution in [3.8, 4) is 5.88 Å². The molecule has 3 heterocycles. The zero-order valence-corrected chi connectivity index (χ0v) is 21.1. The first-order chi connectivity index (χ1) is 15.5. The molecule has 0 aromatic carbocycles. The Morgan fingerprint density at radius 1 is 1.09 bits per heavy atom. The Morgan fingerprint density at radius 3 is 2.39 bits per heavy atom. The number of aromatic nitrogens is 3. The lowest BCUT2D eigenvalue weighted by Gasteiger charge is -2.46. The minimum atomic E-state index is -0.188. The smallest absolute Gasteiger partial charge is 0.224 e. The van der Waals surface area contributed by atoms with Crippen molar-refractivity contribution in [2.24, 2.45) is 0 Å². The lowest BCUT2D eigenvalue weighted by Crippen LogP contribution is -2.60. The van der Waals surface area contributed by atoms with Crippen LogP contribution in [0.5, 0.6) is 5.88 Å². The molecule has 2 aromatic rings. The van der Waals surface area contributed by atoms with Crippen molar-refractivity contribution in [1.82, 2.24) is 20.3 Å². The van der Waals surface area contributed by atoms with E-state index in [1.165, 1.54) is 0 Å². The molecule has 1 aliphatic heterocycles. The number of rotatable bonds is 6. The number of aliphatic hydroxyl groups is 1. The lowest BCUT2D eigenvalue weighted by atomic mass is 9.81. The molecule has 1 saturated heterocycles. The molecular formula is C26H41N5O2. The van der Waals surface area contributed by atoms with Gasteiger partial charge >= 0.3 is 0 Å². The summed E-state index contributed by atoms with van der Waals surface area (Å²) in [6.45, 7) is 13.2. The fraction of sp³-hybridized carbons (Fsp3) is 0.731. The predicted octanol–water partition coefficient (Wildman–Crippen LogP) is 4.94. The number of ether oxygens (including phenoxy) is 1. The summed E-state index contributed by atoms with van der Waals surface area (Å²) in [4.78, 5) is 14.4. The third-order valence-electron chi connectivity index (χ3n) is 7.17. The fourth-order valence-corrected chi connectivity index (χ4v) is 5.66. The number of nitrogens with zero attached hydrogens (tertiary/aromatic N) is 3. The van der Waals surface area contributed by atoms with Crippen LogP contribution < -0.4 is 15.4 Å². The molecule has 0 unspecified atom stereocenters. The number of aliphatic hydroxyl groups excluding tert-OH is 1. The van der Waals surface area contributed by atoms with E-state index in [1.807, 2.05) is 12.4 Å². The van der Waals surface area contributed by atoms with Gasteiger partial charge in [-0.25, -0.2) is 15.0 Å². The Kier molecular flexibility index (Phi) is 6.83. The van der Waals surface area contributed by atoms with Gasteiger partial charge < -0.3 is 20.5 Å². The van der Waals surface area contributed by atoms with E-state index in [2.05, 4.69) is 57.2 Å². The first-order valence-electron chi connectivity index (χ1n) is 12.6. The van der Waals surface area contributed by atoms with Gasteiger partial charge in [0, 0.05) is 47.9 Å². The number of fused-ring (bicyclic) bond motifs is 1. The van der Waals surface area contributed by atoms with Crippen LogP contribution in [0.15, 0.2) is 12.4 Å². The minimum absolute atomic E-state index is 0.00499. The van der Waals surface area contributed by atoms with E-state index in [-0.39, 0.29) is 23.3 Å². The van der Waals surface area contributed by atoms with Crippen molar-refractivity contribution in [3.63, 3.8) is 0 Å². The second-order valence-corrected chi connectivity index (χ2v) is 11.5. The van der Waals surface area contributed by atoms with Gasteiger partial charge in [0.2, 0.25) is 11.8 Å². The minimum Gasteiger partial charge on any atom is -0.474 e. The van der Waals surface area contributed by atoms with E-state index >= 15 is 0 Å². The van der Waals surface area contributed by atoms with E-state index in [0.717, 1.165) is 61.4 Å². The second kappa shape index (κ2) is 9.34. The summed E-state index contributed by atoms with van der Waals surface area (Å²) in [5.74, 6) is 1.62. The predicted molar refractivity (Wildman–Crippen MR) is 133 cm³/mol. The van der Waals surface area contributed by atoms with Crippen molar-refractivity contribution in [3.05, 3.63) is 18.0 Å². The van der Waals surface area contributed by atoms with E-state index in [1.54, 1.807) is 0 Å². The fourth-order valence-electron chi connectivity index (χ4n) is 5.66. The van der Waals surface area contributed by atoms with Crippen molar-refractivity contribution in [2.75, 3.05) is 5.32 Å². The number of hydrogen-bond acceptors (Lipinski definition) is 7. The molecule has 0 amide bonds. The topological polar surface area (TPSA) is 92.2 Å². The normalized spacial score (nSPS) is 26.2. The van der Waals surface area contributed by atoms with Crippen LogP contribution in [-0.4, -0.2) is 49.4 Å². The van der Waals surface area contributed by atoms with Gasteiger partial charge in [-0.1, -0.05) is 6.92 Å². The monoisotopic (exact) mass is 455 g/mol. The molecule has 2 aromatic heterocycles. The number of hydrogen-bond donors (Lipinski definition) is 3. The molecule has 4 rings (SSSR count). The zero-order chi connectivity index (χ0) is 23.8. The highest BCUT2D eigenvalue weighted by atomic mass is 16.5. The average Bonchev–Trinajstić information content (AvgIpc) is 2.72. The first kappa shape index (κ1) is 24.1. The highest BCUT2D eigenvalue weighted by Crippen LogP contribution is 2.39. The molecule has 182 valence electrons. The largest absolute Gasteiger partial charge is 0.474 e. The summed E-state index contributed by atoms with van der Waals surface area (Å²) in [6, 6.07) is 0.299. The Hall–Kier alpha value is -1.99. The summed E-state index contributed by atoms with van der Waals surface area (Å²) in [6.07, 6.45) is 10.1. The van der Waals surface area contributed by atoms with E-state index < -0.39 is 0 Å². The van der Waals surface area contributed by atoms with Crippen molar-refractivity contribution >= 4 is 16.9 Å². The molecule has 2 fully saturated rings. The molecule has 1 aliphatic carbocycles.